The van der Waals surface area contributed by atoms with Gasteiger partial charge in [-0.3, -0.25) is 4.79 Å². The maximum atomic E-state index is 11.5. The fourth-order valence-corrected chi connectivity index (χ4v) is 2.81. The van der Waals surface area contributed by atoms with Crippen LogP contribution in [0.15, 0.2) is 0 Å². The number of carbonyl (C=O) groups excluding carboxylic acids is 1. The average Bonchev–Trinajstić information content (AvgIpc) is 2.58. The highest BCUT2D eigenvalue weighted by atomic mass is 35.5. The summed E-state index contributed by atoms with van der Waals surface area (Å²) in [7, 11) is 0. The third-order valence-electron chi connectivity index (χ3n) is 2.73. The van der Waals surface area contributed by atoms with Gasteiger partial charge in [-0.25, -0.2) is 4.98 Å². The Labute approximate surface area is 111 Å². The van der Waals surface area contributed by atoms with Crippen molar-refractivity contribution in [3.63, 3.8) is 0 Å². The van der Waals surface area contributed by atoms with Crippen LogP contribution in [-0.4, -0.2) is 16.9 Å². The predicted octanol–water partition coefficient (Wildman–Crippen LogP) is 1.98. The van der Waals surface area contributed by atoms with E-state index in [2.05, 4.69) is 10.3 Å². The Morgan fingerprint density at radius 2 is 2.29 bits per heavy atom. The summed E-state index contributed by atoms with van der Waals surface area (Å²) in [4.78, 5) is 17.2. The minimum absolute atomic E-state index is 0. The van der Waals surface area contributed by atoms with Crippen LogP contribution >= 0.6 is 23.7 Å². The molecule has 0 aliphatic heterocycles. The van der Waals surface area contributed by atoms with E-state index in [4.69, 9.17) is 5.73 Å². The molecule has 1 aromatic rings. The van der Waals surface area contributed by atoms with Crippen molar-refractivity contribution in [3.8, 4) is 0 Å². The molecule has 1 aliphatic rings. The molecule has 0 bridgehead atoms. The quantitative estimate of drug-likeness (QED) is 0.867. The highest BCUT2D eigenvalue weighted by molar-refractivity contribution is 7.15. The number of carbonyl (C=O) groups is 1. The zero-order chi connectivity index (χ0) is 11.7. The fourth-order valence-electron chi connectivity index (χ4n) is 1.70. The van der Waals surface area contributed by atoms with Gasteiger partial charge in [-0.1, -0.05) is 13.8 Å². The van der Waals surface area contributed by atoms with Crippen molar-refractivity contribution in [1.29, 1.82) is 0 Å². The molecule has 0 aromatic carbocycles. The van der Waals surface area contributed by atoms with Crippen molar-refractivity contribution in [2.45, 2.75) is 39.2 Å². The summed E-state index contributed by atoms with van der Waals surface area (Å²) < 4.78 is 0. The lowest BCUT2D eigenvalue weighted by atomic mass is 9.99. The van der Waals surface area contributed by atoms with E-state index in [9.17, 15) is 4.79 Å². The number of nitrogens with one attached hydrogen (secondary N) is 1. The molecule has 0 fully saturated rings. The molecule has 0 unspecified atom stereocenters. The van der Waals surface area contributed by atoms with Gasteiger partial charge in [0.05, 0.1) is 5.69 Å². The molecule has 17 heavy (non-hydrogen) atoms. The molecular weight excluding hydrogens is 258 g/mol. The van der Waals surface area contributed by atoms with E-state index >= 15 is 0 Å². The van der Waals surface area contributed by atoms with Gasteiger partial charge < -0.3 is 11.1 Å². The molecule has 0 spiro atoms. The number of thiazole rings is 1. The van der Waals surface area contributed by atoms with E-state index in [-0.39, 0.29) is 30.3 Å². The van der Waals surface area contributed by atoms with Gasteiger partial charge in [-0.15, -0.1) is 23.7 Å². The summed E-state index contributed by atoms with van der Waals surface area (Å²) in [5, 5.41) is 3.56. The lowest BCUT2D eigenvalue weighted by molar-refractivity contribution is -0.118. The standard InChI is InChI=1S/C11H17N3OS.ClH/c1-6(2)10(15)14-11-13-8-4-3-7(12)5-9(8)16-11;/h6-7H,3-5,12H2,1-2H3,(H,13,14,15);1H/t7-;/m0./s1. The number of anilines is 1. The van der Waals surface area contributed by atoms with Crippen LogP contribution in [0.3, 0.4) is 0 Å². The highest BCUT2D eigenvalue weighted by Gasteiger charge is 2.21. The normalized spacial score (nSPS) is 18.5. The summed E-state index contributed by atoms with van der Waals surface area (Å²) in [6.45, 7) is 3.75. The Bertz CT molecular complexity index is 405. The number of rotatable bonds is 2. The van der Waals surface area contributed by atoms with Crippen molar-refractivity contribution in [2.24, 2.45) is 11.7 Å². The SMILES string of the molecule is CC(C)C(=O)Nc1nc2c(s1)C[C@@H](N)CC2.Cl. The van der Waals surface area contributed by atoms with Crippen molar-refractivity contribution in [3.05, 3.63) is 10.6 Å². The average molecular weight is 276 g/mol. The number of fused-ring (bicyclic) bond motifs is 1. The Balaban J connectivity index is 0.00000144. The second kappa shape index (κ2) is 5.80. The Kier molecular flexibility index (Phi) is 4.91. The molecule has 0 radical (unpaired) electrons. The van der Waals surface area contributed by atoms with Gasteiger partial charge in [0.15, 0.2) is 5.13 Å². The number of amides is 1. The molecule has 0 saturated heterocycles. The highest BCUT2D eigenvalue weighted by Crippen LogP contribution is 2.29. The Morgan fingerprint density at radius 1 is 1.59 bits per heavy atom. The van der Waals surface area contributed by atoms with E-state index in [1.807, 2.05) is 13.8 Å². The number of nitrogens with two attached hydrogens (primary N) is 1. The molecule has 1 atom stereocenters. The van der Waals surface area contributed by atoms with E-state index in [0.29, 0.717) is 0 Å². The number of nitrogens with zero attached hydrogens (tertiary/aromatic N) is 1. The first-order valence-electron chi connectivity index (χ1n) is 5.61. The van der Waals surface area contributed by atoms with Gasteiger partial charge in [0.1, 0.15) is 0 Å². The topological polar surface area (TPSA) is 68.0 Å². The van der Waals surface area contributed by atoms with E-state index in [1.165, 1.54) is 4.88 Å². The van der Waals surface area contributed by atoms with Crippen LogP contribution < -0.4 is 11.1 Å². The van der Waals surface area contributed by atoms with Crippen LogP contribution in [0.4, 0.5) is 5.13 Å². The van der Waals surface area contributed by atoms with Gasteiger partial charge in [0.25, 0.3) is 0 Å². The van der Waals surface area contributed by atoms with Crippen LogP contribution in [0.25, 0.3) is 0 Å². The van der Waals surface area contributed by atoms with Crippen molar-refractivity contribution >= 4 is 34.8 Å². The Morgan fingerprint density at radius 3 is 2.94 bits per heavy atom. The number of aryl methyl sites for hydroxylation is 1. The summed E-state index contributed by atoms with van der Waals surface area (Å²) in [6.07, 6.45) is 2.82. The first-order chi connectivity index (χ1) is 7.56. The van der Waals surface area contributed by atoms with Gasteiger partial charge in [0.2, 0.25) is 5.91 Å². The smallest absolute Gasteiger partial charge is 0.228 e. The summed E-state index contributed by atoms with van der Waals surface area (Å²) in [5.41, 5.74) is 7.02. The summed E-state index contributed by atoms with van der Waals surface area (Å²) in [6, 6.07) is 0.251. The van der Waals surface area contributed by atoms with Crippen LogP contribution in [0, 0.1) is 5.92 Å². The zero-order valence-electron chi connectivity index (χ0n) is 10.0. The number of hydrogen-bond acceptors (Lipinski definition) is 4. The molecule has 4 nitrogen and oxygen atoms in total. The third kappa shape index (κ3) is 3.40. The van der Waals surface area contributed by atoms with E-state index < -0.39 is 0 Å². The number of halogens is 1. The van der Waals surface area contributed by atoms with Gasteiger partial charge in [0, 0.05) is 16.8 Å². The maximum Gasteiger partial charge on any atom is 0.228 e. The lowest BCUT2D eigenvalue weighted by Crippen LogP contribution is -2.27. The van der Waals surface area contributed by atoms with Gasteiger partial charge >= 0.3 is 0 Å². The molecular formula is C11H18ClN3OS. The van der Waals surface area contributed by atoms with Crippen molar-refractivity contribution in [2.75, 3.05) is 5.32 Å². The van der Waals surface area contributed by atoms with Crippen molar-refractivity contribution in [1.82, 2.24) is 4.98 Å². The predicted molar refractivity (Wildman–Crippen MR) is 72.8 cm³/mol. The second-order valence-corrected chi connectivity index (χ2v) is 5.62. The minimum Gasteiger partial charge on any atom is -0.327 e. The monoisotopic (exact) mass is 275 g/mol. The van der Waals surface area contributed by atoms with Crippen LogP contribution in [0.2, 0.25) is 0 Å². The molecule has 2 rings (SSSR count). The number of aromatic nitrogens is 1. The zero-order valence-corrected chi connectivity index (χ0v) is 11.7. The molecule has 1 aliphatic carbocycles. The van der Waals surface area contributed by atoms with Crippen molar-refractivity contribution < 1.29 is 4.79 Å². The first kappa shape index (κ1) is 14.4. The van der Waals surface area contributed by atoms with Crippen LogP contribution in [0.1, 0.15) is 30.8 Å². The van der Waals surface area contributed by atoms with Crippen LogP contribution in [-0.2, 0) is 17.6 Å². The first-order valence-corrected chi connectivity index (χ1v) is 6.43. The molecule has 0 saturated carbocycles. The molecule has 96 valence electrons. The summed E-state index contributed by atoms with van der Waals surface area (Å²) >= 11 is 1.56. The van der Waals surface area contributed by atoms with E-state index in [1.54, 1.807) is 11.3 Å². The van der Waals surface area contributed by atoms with Gasteiger partial charge in [-0.05, 0) is 19.3 Å². The fraction of sp³-hybridized carbons (Fsp3) is 0.636. The molecule has 1 amide bonds. The maximum absolute atomic E-state index is 11.5. The van der Waals surface area contributed by atoms with E-state index in [0.717, 1.165) is 30.1 Å². The third-order valence-corrected chi connectivity index (χ3v) is 3.77. The molecule has 1 heterocycles. The molecule has 1 aromatic heterocycles. The Hall–Kier alpha value is -0.650. The molecule has 6 heteroatoms. The summed E-state index contributed by atoms with van der Waals surface area (Å²) in [5.74, 6) is 0.0126. The largest absolute Gasteiger partial charge is 0.327 e. The molecule has 3 N–H and O–H groups in total. The van der Waals surface area contributed by atoms with Gasteiger partial charge in [-0.2, -0.15) is 0 Å². The number of hydrogen-bond donors (Lipinski definition) is 2. The lowest BCUT2D eigenvalue weighted by Gasteiger charge is -2.15. The minimum atomic E-state index is -0.0109. The second-order valence-electron chi connectivity index (χ2n) is 4.54. The van der Waals surface area contributed by atoms with Crippen LogP contribution in [0.5, 0.6) is 0 Å².